The van der Waals surface area contributed by atoms with Gasteiger partial charge in [0.15, 0.2) is 0 Å². The van der Waals surface area contributed by atoms with E-state index in [0.29, 0.717) is 6.42 Å². The summed E-state index contributed by atoms with van der Waals surface area (Å²) in [6.45, 7) is 4.50. The Balaban J connectivity index is 3.89. The van der Waals surface area contributed by atoms with Crippen LogP contribution in [0.25, 0.3) is 0 Å². The third-order valence-corrected chi connectivity index (χ3v) is 7.47. The lowest BCUT2D eigenvalue weighted by Crippen LogP contribution is -2.16. The molecule has 1 unspecified atom stereocenters. The average molecular weight is 537 g/mol. The van der Waals surface area contributed by atoms with Gasteiger partial charge in [-0.1, -0.05) is 142 Å². The summed E-state index contributed by atoms with van der Waals surface area (Å²) in [5.41, 5.74) is 0. The third-order valence-electron chi connectivity index (χ3n) is 7.47. The molecule has 0 spiro atoms. The molecule has 0 heterocycles. The number of ether oxygens (including phenoxy) is 1. The van der Waals surface area contributed by atoms with Gasteiger partial charge >= 0.3 is 11.9 Å². The maximum Gasteiger partial charge on any atom is 0.306 e. The molecule has 0 aliphatic rings. The molecular weight excluding hydrogens is 472 g/mol. The molecule has 0 rings (SSSR count). The molecule has 0 aliphatic heterocycles. The van der Waals surface area contributed by atoms with Crippen LogP contribution in [0.3, 0.4) is 0 Å². The molecule has 0 saturated heterocycles. The van der Waals surface area contributed by atoms with Gasteiger partial charge in [0.2, 0.25) is 0 Å². The van der Waals surface area contributed by atoms with E-state index in [0.717, 1.165) is 51.4 Å². The highest BCUT2D eigenvalue weighted by Crippen LogP contribution is 2.16. The minimum absolute atomic E-state index is 0.0637. The molecule has 4 heteroatoms. The lowest BCUT2D eigenvalue weighted by Gasteiger charge is -2.15. The van der Waals surface area contributed by atoms with Crippen LogP contribution in [0.2, 0.25) is 0 Å². The van der Waals surface area contributed by atoms with Gasteiger partial charge in [0.25, 0.3) is 0 Å². The minimum Gasteiger partial charge on any atom is -0.481 e. The number of unbranched alkanes of at least 4 members (excludes halogenated alkanes) is 21. The summed E-state index contributed by atoms with van der Waals surface area (Å²) in [7, 11) is 0. The highest BCUT2D eigenvalue weighted by molar-refractivity contribution is 5.69. The van der Waals surface area contributed by atoms with Gasteiger partial charge in [-0.05, 0) is 44.6 Å². The standard InChI is InChI=1S/C34H64O4/c1-3-5-7-9-11-12-13-14-15-16-17-18-19-21-27-31-34(37)38-32(28-24-20-10-8-6-4-2)29-25-22-23-26-30-33(35)36/h24,28,32H,3-23,25-27,29-31H2,1-2H3,(H,35,36)/b28-24-. The Kier molecular flexibility index (Phi) is 29.2. The van der Waals surface area contributed by atoms with Gasteiger partial charge in [-0.15, -0.1) is 0 Å². The summed E-state index contributed by atoms with van der Waals surface area (Å²) >= 11 is 0. The second-order valence-corrected chi connectivity index (χ2v) is 11.4. The fourth-order valence-corrected chi connectivity index (χ4v) is 4.98. The van der Waals surface area contributed by atoms with Crippen molar-refractivity contribution in [1.29, 1.82) is 0 Å². The molecule has 0 aliphatic carbocycles. The maximum atomic E-state index is 12.5. The lowest BCUT2D eigenvalue weighted by molar-refractivity contribution is -0.147. The van der Waals surface area contributed by atoms with Crippen molar-refractivity contribution in [2.75, 3.05) is 0 Å². The van der Waals surface area contributed by atoms with E-state index in [-0.39, 0.29) is 18.5 Å². The fraction of sp³-hybridized carbons (Fsp3) is 0.882. The molecule has 0 bridgehead atoms. The second-order valence-electron chi connectivity index (χ2n) is 11.4. The van der Waals surface area contributed by atoms with Crippen LogP contribution in [0.1, 0.15) is 187 Å². The number of hydrogen-bond donors (Lipinski definition) is 1. The zero-order valence-corrected chi connectivity index (χ0v) is 25.5. The Morgan fingerprint density at radius 1 is 0.579 bits per heavy atom. The highest BCUT2D eigenvalue weighted by atomic mass is 16.5. The van der Waals surface area contributed by atoms with Crippen molar-refractivity contribution in [2.45, 2.75) is 193 Å². The first kappa shape index (κ1) is 36.7. The van der Waals surface area contributed by atoms with E-state index in [1.165, 1.54) is 109 Å². The highest BCUT2D eigenvalue weighted by Gasteiger charge is 2.11. The Bertz CT molecular complexity index is 543. The van der Waals surface area contributed by atoms with Crippen LogP contribution in [0, 0.1) is 0 Å². The molecule has 38 heavy (non-hydrogen) atoms. The summed E-state index contributed by atoms with van der Waals surface area (Å²) in [4.78, 5) is 23.1. The molecule has 0 amide bonds. The van der Waals surface area contributed by atoms with E-state index in [1.807, 2.05) is 0 Å². The number of carboxylic acid groups (broad SMARTS) is 1. The largest absolute Gasteiger partial charge is 0.481 e. The van der Waals surface area contributed by atoms with E-state index < -0.39 is 5.97 Å². The average Bonchev–Trinajstić information content (AvgIpc) is 2.89. The predicted octanol–water partition coefficient (Wildman–Crippen LogP) is 11.1. The normalized spacial score (nSPS) is 12.3. The number of allylic oxidation sites excluding steroid dienone is 1. The van der Waals surface area contributed by atoms with Crippen molar-refractivity contribution in [3.63, 3.8) is 0 Å². The summed E-state index contributed by atoms with van der Waals surface area (Å²) in [5, 5.41) is 8.77. The Hall–Kier alpha value is -1.32. The van der Waals surface area contributed by atoms with Crippen molar-refractivity contribution in [3.8, 4) is 0 Å². The summed E-state index contributed by atoms with van der Waals surface area (Å²) in [5.74, 6) is -0.784. The third kappa shape index (κ3) is 29.2. The molecule has 224 valence electrons. The molecule has 1 atom stereocenters. The number of hydrogen-bond acceptors (Lipinski definition) is 3. The number of esters is 1. The van der Waals surface area contributed by atoms with E-state index >= 15 is 0 Å². The number of rotatable bonds is 30. The van der Waals surface area contributed by atoms with E-state index in [9.17, 15) is 9.59 Å². The smallest absolute Gasteiger partial charge is 0.306 e. The topological polar surface area (TPSA) is 63.6 Å². The number of carbonyl (C=O) groups excluding carboxylic acids is 1. The van der Waals surface area contributed by atoms with Gasteiger partial charge in [-0.25, -0.2) is 0 Å². The van der Waals surface area contributed by atoms with Gasteiger partial charge < -0.3 is 9.84 Å². The van der Waals surface area contributed by atoms with Crippen molar-refractivity contribution >= 4 is 11.9 Å². The van der Waals surface area contributed by atoms with Crippen LogP contribution < -0.4 is 0 Å². The van der Waals surface area contributed by atoms with Gasteiger partial charge in [-0.2, -0.15) is 0 Å². The van der Waals surface area contributed by atoms with E-state index in [4.69, 9.17) is 9.84 Å². The molecule has 0 aromatic rings. The van der Waals surface area contributed by atoms with Crippen LogP contribution in [0.15, 0.2) is 12.2 Å². The monoisotopic (exact) mass is 536 g/mol. The van der Waals surface area contributed by atoms with Gasteiger partial charge in [-0.3, -0.25) is 9.59 Å². The molecule has 4 nitrogen and oxygen atoms in total. The summed E-state index contributed by atoms with van der Waals surface area (Å²) in [6.07, 6.45) is 35.3. The van der Waals surface area contributed by atoms with Crippen molar-refractivity contribution < 1.29 is 19.4 Å². The summed E-state index contributed by atoms with van der Waals surface area (Å²) < 4.78 is 5.82. The molecule has 1 N–H and O–H groups in total. The Labute approximate surface area is 236 Å². The van der Waals surface area contributed by atoms with Gasteiger partial charge in [0.1, 0.15) is 6.10 Å². The van der Waals surface area contributed by atoms with Crippen LogP contribution >= 0.6 is 0 Å². The lowest BCUT2D eigenvalue weighted by atomic mass is 10.0. The molecule has 0 aromatic heterocycles. The summed E-state index contributed by atoms with van der Waals surface area (Å²) in [6, 6.07) is 0. The molecule has 0 aromatic carbocycles. The van der Waals surface area contributed by atoms with Gasteiger partial charge in [0.05, 0.1) is 0 Å². The van der Waals surface area contributed by atoms with Crippen molar-refractivity contribution in [2.24, 2.45) is 0 Å². The van der Waals surface area contributed by atoms with E-state index in [1.54, 1.807) is 0 Å². The SMILES string of the molecule is CCCCCC/C=C\C(CCCCCCC(=O)O)OC(=O)CCCCCCCCCCCCCCCCC. The molecule has 0 fully saturated rings. The first-order valence-corrected chi connectivity index (χ1v) is 16.7. The van der Waals surface area contributed by atoms with Crippen LogP contribution in [0.4, 0.5) is 0 Å². The van der Waals surface area contributed by atoms with Crippen LogP contribution in [-0.4, -0.2) is 23.1 Å². The predicted molar refractivity (Wildman–Crippen MR) is 163 cm³/mol. The molecule has 0 saturated carbocycles. The number of aliphatic carboxylic acids is 1. The van der Waals surface area contributed by atoms with Crippen molar-refractivity contribution in [3.05, 3.63) is 12.2 Å². The Morgan fingerprint density at radius 3 is 1.50 bits per heavy atom. The molecule has 0 radical (unpaired) electrons. The van der Waals surface area contributed by atoms with Crippen LogP contribution in [-0.2, 0) is 14.3 Å². The number of carbonyl (C=O) groups is 2. The molecular formula is C34H64O4. The first-order valence-electron chi connectivity index (χ1n) is 16.7. The zero-order valence-electron chi connectivity index (χ0n) is 25.5. The van der Waals surface area contributed by atoms with Crippen molar-refractivity contribution in [1.82, 2.24) is 0 Å². The van der Waals surface area contributed by atoms with Gasteiger partial charge in [0, 0.05) is 12.8 Å². The second kappa shape index (κ2) is 30.2. The van der Waals surface area contributed by atoms with Crippen LogP contribution in [0.5, 0.6) is 0 Å². The maximum absolute atomic E-state index is 12.5. The minimum atomic E-state index is -0.721. The first-order chi connectivity index (χ1) is 18.6. The van der Waals surface area contributed by atoms with E-state index in [2.05, 4.69) is 26.0 Å². The fourth-order valence-electron chi connectivity index (χ4n) is 4.98. The quantitative estimate of drug-likeness (QED) is 0.0563. The Morgan fingerprint density at radius 2 is 1.00 bits per heavy atom. The zero-order chi connectivity index (χ0) is 27.9. The number of carboxylic acids is 1.